The molecular formula is C29H26FN7O3. The summed E-state index contributed by atoms with van der Waals surface area (Å²) in [4.78, 5) is 35.6. The maximum Gasteiger partial charge on any atom is 0.254 e. The van der Waals surface area contributed by atoms with Crippen LogP contribution >= 0.6 is 0 Å². The van der Waals surface area contributed by atoms with Gasteiger partial charge >= 0.3 is 0 Å². The number of fused-ring (bicyclic) bond motifs is 2. The third-order valence-electron chi connectivity index (χ3n) is 6.86. The SMILES string of the molecule is O=C(NCCC(=O)N1CCOCC1)c1ccc(-c2ccc3nnn(Cc4ccc5ncccc5c4)c3n2)cc1F. The number of ether oxygens (including phenoxy) is 1. The number of carbonyl (C=O) groups is 2. The molecule has 202 valence electrons. The minimum atomic E-state index is -0.673. The van der Waals surface area contributed by atoms with E-state index in [0.29, 0.717) is 55.3 Å². The second-order valence-corrected chi connectivity index (χ2v) is 9.51. The molecule has 0 spiro atoms. The van der Waals surface area contributed by atoms with Crippen molar-refractivity contribution in [2.24, 2.45) is 0 Å². The third-order valence-corrected chi connectivity index (χ3v) is 6.86. The number of hydrogen-bond acceptors (Lipinski definition) is 7. The fourth-order valence-electron chi connectivity index (χ4n) is 4.72. The standard InChI is InChI=1S/C29H26FN7O3/c30-23-17-21(4-5-22(23)29(39)32-11-9-27(38)36-12-14-40-15-13-36)25-7-8-26-28(33-25)37(35-34-26)18-19-3-6-24-20(16-19)2-1-10-31-24/h1-8,10,16-17H,9,11-15,18H2,(H,32,39). The average molecular weight is 540 g/mol. The van der Waals surface area contributed by atoms with Crippen LogP contribution < -0.4 is 5.32 Å². The molecule has 6 rings (SSSR count). The van der Waals surface area contributed by atoms with Crippen LogP contribution in [0.5, 0.6) is 0 Å². The van der Waals surface area contributed by atoms with Gasteiger partial charge in [0.05, 0.1) is 36.5 Å². The Morgan fingerprint density at radius 2 is 1.85 bits per heavy atom. The summed E-state index contributed by atoms with van der Waals surface area (Å²) in [6.45, 7) is 2.69. The molecule has 4 heterocycles. The first-order valence-electron chi connectivity index (χ1n) is 13.0. The van der Waals surface area contributed by atoms with E-state index < -0.39 is 11.7 Å². The molecule has 5 aromatic rings. The van der Waals surface area contributed by atoms with Gasteiger partial charge in [-0.3, -0.25) is 14.6 Å². The lowest BCUT2D eigenvalue weighted by molar-refractivity contribution is -0.135. The Bertz CT molecular complexity index is 1720. The monoisotopic (exact) mass is 539 g/mol. The Hall–Kier alpha value is -4.77. The number of carbonyl (C=O) groups excluding carboxylic acids is 2. The molecule has 0 atom stereocenters. The summed E-state index contributed by atoms with van der Waals surface area (Å²) < 4.78 is 21.9. The lowest BCUT2D eigenvalue weighted by Gasteiger charge is -2.26. The third kappa shape index (κ3) is 5.36. The van der Waals surface area contributed by atoms with Crippen molar-refractivity contribution < 1.29 is 18.7 Å². The van der Waals surface area contributed by atoms with Crippen LogP contribution in [0.2, 0.25) is 0 Å². The summed E-state index contributed by atoms with van der Waals surface area (Å²) in [6, 6.07) is 17.8. The van der Waals surface area contributed by atoms with Crippen molar-refractivity contribution >= 4 is 33.9 Å². The van der Waals surface area contributed by atoms with Crippen LogP contribution in [0.25, 0.3) is 33.3 Å². The number of halogens is 1. The van der Waals surface area contributed by atoms with E-state index in [1.54, 1.807) is 34.0 Å². The number of aromatic nitrogens is 5. The number of pyridine rings is 2. The Kier molecular flexibility index (Phi) is 7.11. The van der Waals surface area contributed by atoms with Gasteiger partial charge in [0.15, 0.2) is 5.65 Å². The van der Waals surface area contributed by atoms with Crippen LogP contribution in [-0.4, -0.2) is 74.5 Å². The topological polar surface area (TPSA) is 115 Å². The second-order valence-electron chi connectivity index (χ2n) is 9.51. The number of nitrogens with one attached hydrogen (secondary N) is 1. The zero-order valence-electron chi connectivity index (χ0n) is 21.6. The molecule has 0 unspecified atom stereocenters. The number of hydrogen-bond donors (Lipinski definition) is 1. The molecule has 1 N–H and O–H groups in total. The minimum Gasteiger partial charge on any atom is -0.378 e. The normalized spacial score (nSPS) is 13.6. The summed E-state index contributed by atoms with van der Waals surface area (Å²) >= 11 is 0. The van der Waals surface area contributed by atoms with Crippen LogP contribution in [0.4, 0.5) is 4.39 Å². The van der Waals surface area contributed by atoms with E-state index in [-0.39, 0.29) is 24.4 Å². The highest BCUT2D eigenvalue weighted by Crippen LogP contribution is 2.23. The molecule has 0 aliphatic carbocycles. The predicted octanol–water partition coefficient (Wildman–Crippen LogP) is 3.21. The zero-order chi connectivity index (χ0) is 27.5. The van der Waals surface area contributed by atoms with Gasteiger partial charge in [0.1, 0.15) is 11.3 Å². The number of rotatable bonds is 7. The van der Waals surface area contributed by atoms with E-state index >= 15 is 0 Å². The van der Waals surface area contributed by atoms with Gasteiger partial charge in [0, 0.05) is 43.2 Å². The Morgan fingerprint density at radius 1 is 1.00 bits per heavy atom. The molecule has 11 heteroatoms. The summed E-state index contributed by atoms with van der Waals surface area (Å²) in [5.74, 6) is -1.31. The largest absolute Gasteiger partial charge is 0.378 e. The first-order chi connectivity index (χ1) is 19.5. The first-order valence-corrected chi connectivity index (χ1v) is 13.0. The molecule has 0 saturated carbocycles. The van der Waals surface area contributed by atoms with Crippen LogP contribution in [0.15, 0.2) is 66.9 Å². The van der Waals surface area contributed by atoms with Gasteiger partial charge in [-0.25, -0.2) is 14.1 Å². The lowest BCUT2D eigenvalue weighted by atomic mass is 10.1. The summed E-state index contributed by atoms with van der Waals surface area (Å²) in [6.07, 6.45) is 1.91. The summed E-state index contributed by atoms with van der Waals surface area (Å²) in [5.41, 5.74) is 4.07. The van der Waals surface area contributed by atoms with Crippen LogP contribution in [0.3, 0.4) is 0 Å². The Morgan fingerprint density at radius 3 is 2.70 bits per heavy atom. The highest BCUT2D eigenvalue weighted by atomic mass is 19.1. The number of nitrogens with zero attached hydrogens (tertiary/aromatic N) is 6. The van der Waals surface area contributed by atoms with Gasteiger partial charge in [-0.15, -0.1) is 5.10 Å². The zero-order valence-corrected chi connectivity index (χ0v) is 21.6. The van der Waals surface area contributed by atoms with Gasteiger partial charge in [0.25, 0.3) is 5.91 Å². The summed E-state index contributed by atoms with van der Waals surface area (Å²) in [5, 5.41) is 12.1. The quantitative estimate of drug-likeness (QED) is 0.338. The van der Waals surface area contributed by atoms with E-state index in [0.717, 1.165) is 16.5 Å². The smallest absolute Gasteiger partial charge is 0.254 e. The van der Waals surface area contributed by atoms with Crippen molar-refractivity contribution in [2.75, 3.05) is 32.8 Å². The molecule has 0 bridgehead atoms. The van der Waals surface area contributed by atoms with Gasteiger partial charge in [-0.05, 0) is 48.0 Å². The minimum absolute atomic E-state index is 0.0627. The van der Waals surface area contributed by atoms with Gasteiger partial charge in [-0.1, -0.05) is 23.4 Å². The van der Waals surface area contributed by atoms with Crippen molar-refractivity contribution in [3.8, 4) is 11.3 Å². The fraction of sp³-hybridized carbons (Fsp3) is 0.241. The Labute approximate surface area is 228 Å². The molecule has 1 aliphatic rings. The molecule has 3 aromatic heterocycles. The molecule has 0 radical (unpaired) electrons. The van der Waals surface area contributed by atoms with Crippen molar-refractivity contribution in [1.29, 1.82) is 0 Å². The maximum absolute atomic E-state index is 15.0. The van der Waals surface area contributed by atoms with E-state index in [9.17, 15) is 14.0 Å². The Balaban J connectivity index is 1.15. The van der Waals surface area contributed by atoms with Crippen molar-refractivity contribution in [3.63, 3.8) is 0 Å². The van der Waals surface area contributed by atoms with Crippen molar-refractivity contribution in [1.82, 2.24) is 35.2 Å². The van der Waals surface area contributed by atoms with Gasteiger partial charge in [0.2, 0.25) is 5.91 Å². The molecule has 2 aromatic carbocycles. The molecular weight excluding hydrogens is 513 g/mol. The average Bonchev–Trinajstić information content (AvgIpc) is 3.39. The van der Waals surface area contributed by atoms with E-state index in [4.69, 9.17) is 9.72 Å². The van der Waals surface area contributed by atoms with Crippen LogP contribution in [-0.2, 0) is 16.1 Å². The number of morpholine rings is 1. The van der Waals surface area contributed by atoms with Crippen molar-refractivity contribution in [2.45, 2.75) is 13.0 Å². The maximum atomic E-state index is 15.0. The molecule has 1 aliphatic heterocycles. The van der Waals surface area contributed by atoms with Crippen molar-refractivity contribution in [3.05, 3.63) is 83.8 Å². The van der Waals surface area contributed by atoms with Gasteiger partial charge in [-0.2, -0.15) is 0 Å². The summed E-state index contributed by atoms with van der Waals surface area (Å²) in [7, 11) is 0. The number of amides is 2. The first kappa shape index (κ1) is 25.5. The van der Waals surface area contributed by atoms with Gasteiger partial charge < -0.3 is 15.0 Å². The predicted molar refractivity (Wildman–Crippen MR) is 146 cm³/mol. The van der Waals surface area contributed by atoms with E-state index in [1.807, 2.05) is 24.3 Å². The number of benzene rings is 2. The molecule has 1 fully saturated rings. The second kappa shape index (κ2) is 11.1. The van der Waals surface area contributed by atoms with Crippen LogP contribution in [0.1, 0.15) is 22.3 Å². The highest BCUT2D eigenvalue weighted by molar-refractivity contribution is 5.95. The van der Waals surface area contributed by atoms with E-state index in [2.05, 4.69) is 26.7 Å². The molecule has 10 nitrogen and oxygen atoms in total. The van der Waals surface area contributed by atoms with E-state index in [1.165, 1.54) is 12.1 Å². The molecule has 40 heavy (non-hydrogen) atoms. The molecule has 2 amide bonds. The lowest BCUT2D eigenvalue weighted by Crippen LogP contribution is -2.42. The highest BCUT2D eigenvalue weighted by Gasteiger charge is 2.18. The fourth-order valence-corrected chi connectivity index (χ4v) is 4.72. The van der Waals surface area contributed by atoms with Crippen LogP contribution in [0, 0.1) is 5.82 Å². The molecule has 1 saturated heterocycles.